The van der Waals surface area contributed by atoms with Crippen LogP contribution in [0.25, 0.3) is 0 Å². The molecule has 0 spiro atoms. The van der Waals surface area contributed by atoms with E-state index in [1.165, 1.54) is 0 Å². The molecule has 0 unspecified atom stereocenters. The first-order valence-corrected chi connectivity index (χ1v) is 1.71. The maximum atomic E-state index is 8.47. The van der Waals surface area contributed by atoms with E-state index in [1.54, 1.807) is 0 Å². The van der Waals surface area contributed by atoms with E-state index in [2.05, 4.69) is 0 Å². The average molecular weight is 134 g/mol. The van der Waals surface area contributed by atoms with E-state index in [9.17, 15) is 0 Å². The summed E-state index contributed by atoms with van der Waals surface area (Å²) in [5.41, 5.74) is 0. The minimum atomic E-state index is -1.81. The summed E-state index contributed by atoms with van der Waals surface area (Å²) >= 11 is -1.81. The van der Waals surface area contributed by atoms with Crippen LogP contribution in [0.4, 0.5) is 0 Å². The molecule has 5 nitrogen and oxygen atoms in total. The molecule has 0 aliphatic rings. The molecule has 6 heavy (non-hydrogen) atoms. The molecule has 0 amide bonds. The zero-order valence-electron chi connectivity index (χ0n) is 2.87. The van der Waals surface area contributed by atoms with Gasteiger partial charge < -0.3 is 6.15 Å². The minimum absolute atomic E-state index is 0. The van der Waals surface area contributed by atoms with Gasteiger partial charge in [-0.3, -0.25) is 10.5 Å². The maximum absolute atomic E-state index is 8.47. The second-order valence-electron chi connectivity index (χ2n) is 0.0745. The van der Waals surface area contributed by atoms with E-state index in [0.29, 0.717) is 0 Å². The van der Waals surface area contributed by atoms with Gasteiger partial charge in [-0.15, -0.1) is 0 Å². The van der Waals surface area contributed by atoms with E-state index >= 15 is 0 Å². The molecule has 0 aliphatic carbocycles. The van der Waals surface area contributed by atoms with Gasteiger partial charge in [0.1, 0.15) is 0 Å². The summed E-state index contributed by atoms with van der Waals surface area (Å²) in [5, 5.41) is 12.0. The Kier molecular flexibility index (Phi) is 204. The Morgan fingerprint density at radius 1 is 1.17 bits per heavy atom. The summed E-state index contributed by atoms with van der Waals surface area (Å²) in [6, 6.07) is 0. The molecule has 0 bridgehead atoms. The number of hydrogen-bond donors (Lipinski definition) is 3. The SMILES string of the molecule is N.OO.[O]=[V]=[O]. The Morgan fingerprint density at radius 2 is 1.17 bits per heavy atom. The third-order valence-corrected chi connectivity index (χ3v) is 0. The molecular formula is H5NO4V. The van der Waals surface area contributed by atoms with Gasteiger partial charge in [0.05, 0.1) is 0 Å². The molecule has 39 valence electrons. The van der Waals surface area contributed by atoms with Crippen LogP contribution in [0.2, 0.25) is 0 Å². The molecule has 0 aromatic carbocycles. The van der Waals surface area contributed by atoms with Gasteiger partial charge in [0.15, 0.2) is 0 Å². The fourth-order valence-electron chi connectivity index (χ4n) is 0. The Bertz CT molecular complexity index is 28.5. The van der Waals surface area contributed by atoms with Crippen molar-refractivity contribution in [2.75, 3.05) is 0 Å². The molecule has 0 aliphatic heterocycles. The van der Waals surface area contributed by atoms with Crippen molar-refractivity contribution in [2.45, 2.75) is 0 Å². The molecule has 0 saturated heterocycles. The second kappa shape index (κ2) is 73.8. The average Bonchev–Trinajstić information content (AvgIpc) is 1.46. The third-order valence-electron chi connectivity index (χ3n) is 0. The summed E-state index contributed by atoms with van der Waals surface area (Å²) in [5.74, 6) is 0. The van der Waals surface area contributed by atoms with Crippen LogP contribution >= 0.6 is 0 Å². The Morgan fingerprint density at radius 3 is 1.17 bits per heavy atom. The van der Waals surface area contributed by atoms with Gasteiger partial charge in [0.2, 0.25) is 0 Å². The molecule has 6 heteroatoms. The molecule has 0 fully saturated rings. The van der Waals surface area contributed by atoms with E-state index in [0.717, 1.165) is 0 Å². The molecule has 5 N–H and O–H groups in total. The van der Waals surface area contributed by atoms with Crippen molar-refractivity contribution in [3.63, 3.8) is 0 Å². The predicted octanol–water partition coefficient (Wildman–Crippen LogP) is -0.0607. The van der Waals surface area contributed by atoms with Gasteiger partial charge in [-0.2, -0.15) is 0 Å². The first kappa shape index (κ1) is 16.6. The molecule has 0 saturated carbocycles. The van der Waals surface area contributed by atoms with Crippen molar-refractivity contribution in [3.8, 4) is 0 Å². The fourth-order valence-corrected chi connectivity index (χ4v) is 0. The third kappa shape index (κ3) is 9200. The zero-order chi connectivity index (χ0) is 4.71. The number of hydrogen-bond acceptors (Lipinski definition) is 5. The molecule has 0 atom stereocenters. The Balaban J connectivity index is -0.0000000275. The first-order valence-electron chi connectivity index (χ1n) is 0.565. The Labute approximate surface area is 41.0 Å². The van der Waals surface area contributed by atoms with Crippen LogP contribution in [0.5, 0.6) is 0 Å². The standard InChI is InChI=1S/H3N.H2O2.2O.V/c;1-2;;;/h1H3;1-2H;;;. The van der Waals surface area contributed by atoms with Crippen LogP contribution in [-0.2, 0) is 23.5 Å². The van der Waals surface area contributed by atoms with Gasteiger partial charge >= 0.3 is 23.5 Å². The Hall–Kier alpha value is 0.0644. The van der Waals surface area contributed by atoms with Crippen molar-refractivity contribution in [1.82, 2.24) is 6.15 Å². The molecule has 0 rings (SSSR count). The second-order valence-corrected chi connectivity index (χ2v) is 0.307. The fraction of sp³-hybridized carbons (Fsp3) is 0. The van der Waals surface area contributed by atoms with Crippen molar-refractivity contribution in [3.05, 3.63) is 0 Å². The van der Waals surface area contributed by atoms with Crippen LogP contribution in [0.3, 0.4) is 0 Å². The molecular weight excluding hydrogens is 129 g/mol. The normalized spacial score (nSPS) is 2.33. The van der Waals surface area contributed by atoms with Crippen LogP contribution in [-0.4, -0.2) is 10.5 Å². The monoisotopic (exact) mass is 134 g/mol. The van der Waals surface area contributed by atoms with Gasteiger partial charge in [-0.25, -0.2) is 0 Å². The predicted molar refractivity (Wildman–Crippen MR) is 11.7 cm³/mol. The molecule has 0 aromatic rings. The van der Waals surface area contributed by atoms with E-state index in [-0.39, 0.29) is 6.15 Å². The van der Waals surface area contributed by atoms with Crippen molar-refractivity contribution < 1.29 is 34.0 Å². The van der Waals surface area contributed by atoms with Crippen LogP contribution < -0.4 is 6.15 Å². The van der Waals surface area contributed by atoms with E-state index < -0.39 is 16.2 Å². The van der Waals surface area contributed by atoms with Gasteiger partial charge in [-0.1, -0.05) is 0 Å². The number of rotatable bonds is 0. The van der Waals surface area contributed by atoms with Crippen molar-refractivity contribution in [2.24, 2.45) is 0 Å². The van der Waals surface area contributed by atoms with Gasteiger partial charge in [0, 0.05) is 0 Å². The van der Waals surface area contributed by atoms with Crippen molar-refractivity contribution >= 4 is 0 Å². The zero-order valence-corrected chi connectivity index (χ0v) is 4.26. The van der Waals surface area contributed by atoms with Crippen LogP contribution in [0.1, 0.15) is 0 Å². The quantitative estimate of drug-likeness (QED) is 0.317. The topological polar surface area (TPSA) is 110 Å². The van der Waals surface area contributed by atoms with Gasteiger partial charge in [0.25, 0.3) is 0 Å². The molecule has 0 radical (unpaired) electrons. The van der Waals surface area contributed by atoms with Crippen molar-refractivity contribution in [1.29, 1.82) is 0 Å². The summed E-state index contributed by atoms with van der Waals surface area (Å²) in [6.07, 6.45) is 0. The summed E-state index contributed by atoms with van der Waals surface area (Å²) in [7, 11) is 0. The summed E-state index contributed by atoms with van der Waals surface area (Å²) in [4.78, 5) is 0. The molecule has 0 aromatic heterocycles. The van der Waals surface area contributed by atoms with E-state index in [1.807, 2.05) is 0 Å². The first-order chi connectivity index (χ1) is 2.41. The summed E-state index contributed by atoms with van der Waals surface area (Å²) in [6.45, 7) is 0. The summed E-state index contributed by atoms with van der Waals surface area (Å²) < 4.78 is 16.9. The van der Waals surface area contributed by atoms with Crippen LogP contribution in [0.15, 0.2) is 0 Å². The van der Waals surface area contributed by atoms with Crippen LogP contribution in [0, 0.1) is 0 Å². The van der Waals surface area contributed by atoms with Gasteiger partial charge in [-0.05, 0) is 0 Å². The molecule has 0 heterocycles. The van der Waals surface area contributed by atoms with E-state index in [4.69, 9.17) is 17.9 Å².